The molecule has 0 atom stereocenters. The summed E-state index contributed by atoms with van der Waals surface area (Å²) in [5.74, 6) is -0.347. The van der Waals surface area contributed by atoms with Crippen molar-refractivity contribution in [3.63, 3.8) is 0 Å². The molecule has 1 heterocycles. The molecule has 0 radical (unpaired) electrons. The highest BCUT2D eigenvalue weighted by atomic mass is 32.2. The van der Waals surface area contributed by atoms with Gasteiger partial charge in [-0.2, -0.15) is 0 Å². The first-order chi connectivity index (χ1) is 11.3. The largest absolute Gasteiger partial charge is 0.748 e. The molecule has 1 aromatic heterocycles. The number of aromatic nitrogens is 2. The molecule has 130 valence electrons. The Kier molecular flexibility index (Phi) is 6.35. The van der Waals surface area contributed by atoms with Gasteiger partial charge in [0, 0.05) is 30.6 Å². The maximum Gasteiger partial charge on any atom is 0.378 e. The van der Waals surface area contributed by atoms with Crippen LogP contribution in [0, 0.1) is 0 Å². The molecule has 0 aliphatic carbocycles. The molecule has 2 aromatic rings. The van der Waals surface area contributed by atoms with Crippen molar-refractivity contribution in [2.24, 2.45) is 10.2 Å². The topological polar surface area (TPSA) is 102 Å². The minimum atomic E-state index is -4.15. The summed E-state index contributed by atoms with van der Waals surface area (Å²) in [7, 11) is -0.215. The molecule has 0 fully saturated rings. The van der Waals surface area contributed by atoms with E-state index in [1.807, 2.05) is 43.3 Å². The van der Waals surface area contributed by atoms with Crippen LogP contribution in [-0.4, -0.2) is 37.2 Å². The SMILES string of the molecule is CN(C)c1ccc(/N=N/c2snc[n+]2CCCCS(=O)(=O)[O-])cc1. The molecule has 0 aliphatic heterocycles. The fourth-order valence-electron chi connectivity index (χ4n) is 1.94. The zero-order valence-electron chi connectivity index (χ0n) is 13.5. The fraction of sp³-hybridized carbons (Fsp3) is 0.429. The number of azo groups is 1. The highest BCUT2D eigenvalue weighted by molar-refractivity contribution is 7.85. The van der Waals surface area contributed by atoms with Crippen molar-refractivity contribution >= 4 is 38.2 Å². The normalized spacial score (nSPS) is 12.0. The molecule has 24 heavy (non-hydrogen) atoms. The molecular formula is C14H19N5O3S2. The summed E-state index contributed by atoms with van der Waals surface area (Å²) in [5.41, 5.74) is 1.81. The summed E-state index contributed by atoms with van der Waals surface area (Å²) < 4.78 is 37.6. The van der Waals surface area contributed by atoms with Crippen LogP contribution in [0.25, 0.3) is 0 Å². The van der Waals surface area contributed by atoms with Crippen LogP contribution < -0.4 is 9.47 Å². The zero-order chi connectivity index (χ0) is 17.6. The van der Waals surface area contributed by atoms with Crippen LogP contribution in [0.5, 0.6) is 0 Å². The van der Waals surface area contributed by atoms with E-state index in [4.69, 9.17) is 0 Å². The Bertz CT molecular complexity index is 785. The van der Waals surface area contributed by atoms with Crippen molar-refractivity contribution in [2.75, 3.05) is 24.7 Å². The number of rotatable bonds is 8. The van der Waals surface area contributed by atoms with Crippen LogP contribution in [-0.2, 0) is 16.7 Å². The van der Waals surface area contributed by atoms with Gasteiger partial charge < -0.3 is 9.45 Å². The molecule has 0 N–H and O–H groups in total. The third kappa shape index (κ3) is 5.95. The van der Waals surface area contributed by atoms with Crippen LogP contribution in [0.3, 0.4) is 0 Å². The maximum absolute atomic E-state index is 10.6. The zero-order valence-corrected chi connectivity index (χ0v) is 15.1. The van der Waals surface area contributed by atoms with Crippen molar-refractivity contribution in [3.05, 3.63) is 30.6 Å². The van der Waals surface area contributed by atoms with Crippen molar-refractivity contribution in [1.29, 1.82) is 0 Å². The Morgan fingerprint density at radius 2 is 1.92 bits per heavy atom. The minimum Gasteiger partial charge on any atom is -0.748 e. The summed E-state index contributed by atoms with van der Waals surface area (Å²) in [5, 5.41) is 9.00. The predicted molar refractivity (Wildman–Crippen MR) is 91.1 cm³/mol. The van der Waals surface area contributed by atoms with Gasteiger partial charge in [0.1, 0.15) is 17.2 Å². The number of hydrogen-bond acceptors (Lipinski definition) is 8. The van der Waals surface area contributed by atoms with Gasteiger partial charge in [-0.15, -0.1) is 0 Å². The molecule has 2 rings (SSSR count). The van der Waals surface area contributed by atoms with Gasteiger partial charge in [0.25, 0.3) is 0 Å². The van der Waals surface area contributed by atoms with Gasteiger partial charge in [0.2, 0.25) is 6.33 Å². The molecule has 0 aliphatic rings. The fourth-order valence-corrected chi connectivity index (χ4v) is 3.07. The smallest absolute Gasteiger partial charge is 0.378 e. The van der Waals surface area contributed by atoms with Gasteiger partial charge in [-0.05, 0) is 41.5 Å². The molecule has 0 spiro atoms. The van der Waals surface area contributed by atoms with Crippen LogP contribution in [0.1, 0.15) is 12.8 Å². The lowest BCUT2D eigenvalue weighted by Gasteiger charge is -2.11. The molecule has 0 amide bonds. The van der Waals surface area contributed by atoms with E-state index in [9.17, 15) is 13.0 Å². The number of unbranched alkanes of at least 4 members (excludes halogenated alkanes) is 1. The van der Waals surface area contributed by atoms with E-state index in [0.717, 1.165) is 11.4 Å². The van der Waals surface area contributed by atoms with Crippen molar-refractivity contribution < 1.29 is 17.5 Å². The van der Waals surface area contributed by atoms with E-state index in [-0.39, 0.29) is 5.75 Å². The van der Waals surface area contributed by atoms with Gasteiger partial charge in [-0.3, -0.25) is 0 Å². The number of hydrogen-bond donors (Lipinski definition) is 0. The lowest BCUT2D eigenvalue weighted by atomic mass is 10.3. The second-order valence-corrected chi connectivity index (χ2v) is 7.65. The van der Waals surface area contributed by atoms with Crippen LogP contribution in [0.4, 0.5) is 16.5 Å². The summed E-state index contributed by atoms with van der Waals surface area (Å²) in [6, 6.07) is 7.67. The first kappa shape index (κ1) is 18.4. The van der Waals surface area contributed by atoms with E-state index in [2.05, 4.69) is 14.6 Å². The van der Waals surface area contributed by atoms with Gasteiger partial charge in [-0.1, -0.05) is 5.11 Å². The first-order valence-electron chi connectivity index (χ1n) is 7.32. The monoisotopic (exact) mass is 369 g/mol. The molecular weight excluding hydrogens is 350 g/mol. The van der Waals surface area contributed by atoms with Crippen molar-refractivity contribution in [2.45, 2.75) is 19.4 Å². The molecule has 0 unspecified atom stereocenters. The number of aryl methyl sites for hydroxylation is 1. The Labute approximate surface area is 145 Å². The van der Waals surface area contributed by atoms with Crippen molar-refractivity contribution in [1.82, 2.24) is 4.37 Å². The molecule has 0 bridgehead atoms. The van der Waals surface area contributed by atoms with E-state index in [1.54, 1.807) is 10.9 Å². The Hall–Kier alpha value is -1.91. The second-order valence-electron chi connectivity index (χ2n) is 5.37. The standard InChI is InChI=1S/C14H19N5O3S2/c1-18(2)13-7-5-12(6-8-13)16-17-14-19(11-15-23-14)9-3-4-10-24(20,21)22/h5-8,11H,3-4,9-10H2,1-2H3. The van der Waals surface area contributed by atoms with Crippen LogP contribution in [0.15, 0.2) is 40.8 Å². The van der Waals surface area contributed by atoms with Gasteiger partial charge >= 0.3 is 5.13 Å². The van der Waals surface area contributed by atoms with Gasteiger partial charge in [0.05, 0.1) is 16.7 Å². The quantitative estimate of drug-likeness (QED) is 0.307. The summed E-state index contributed by atoms with van der Waals surface area (Å²) >= 11 is 1.20. The number of anilines is 1. The Morgan fingerprint density at radius 1 is 1.21 bits per heavy atom. The van der Waals surface area contributed by atoms with Crippen molar-refractivity contribution in [3.8, 4) is 0 Å². The van der Waals surface area contributed by atoms with E-state index >= 15 is 0 Å². The average Bonchev–Trinajstić information content (AvgIpc) is 2.96. The number of nitrogens with zero attached hydrogens (tertiary/aromatic N) is 5. The third-order valence-corrected chi connectivity index (χ3v) is 4.69. The second kappa shape index (κ2) is 8.27. The third-order valence-electron chi connectivity index (χ3n) is 3.23. The Balaban J connectivity index is 1.94. The van der Waals surface area contributed by atoms with Crippen LogP contribution >= 0.6 is 11.5 Å². The van der Waals surface area contributed by atoms with Gasteiger partial charge in [-0.25, -0.2) is 13.0 Å². The van der Waals surface area contributed by atoms with E-state index in [1.165, 1.54) is 11.5 Å². The molecule has 10 heteroatoms. The molecule has 0 saturated heterocycles. The van der Waals surface area contributed by atoms with E-state index in [0.29, 0.717) is 24.5 Å². The summed E-state index contributed by atoms with van der Waals surface area (Å²) in [6.45, 7) is 0.542. The maximum atomic E-state index is 10.6. The molecule has 0 saturated carbocycles. The first-order valence-corrected chi connectivity index (χ1v) is 9.67. The lowest BCUT2D eigenvalue weighted by molar-refractivity contribution is -0.682. The summed E-state index contributed by atoms with van der Waals surface area (Å²) in [6.07, 6.45) is 2.50. The highest BCUT2D eigenvalue weighted by Crippen LogP contribution is 2.21. The Morgan fingerprint density at radius 3 is 2.54 bits per heavy atom. The highest BCUT2D eigenvalue weighted by Gasteiger charge is 2.12. The predicted octanol–water partition coefficient (Wildman–Crippen LogP) is 2.24. The van der Waals surface area contributed by atoms with Gasteiger partial charge in [0.15, 0.2) is 0 Å². The molecule has 1 aromatic carbocycles. The average molecular weight is 369 g/mol. The lowest BCUT2D eigenvalue weighted by Crippen LogP contribution is -2.31. The van der Waals surface area contributed by atoms with E-state index < -0.39 is 10.1 Å². The van der Waals surface area contributed by atoms with Crippen LogP contribution in [0.2, 0.25) is 0 Å². The minimum absolute atomic E-state index is 0.317. The number of benzene rings is 1. The summed E-state index contributed by atoms with van der Waals surface area (Å²) in [4.78, 5) is 2.00. The molecule has 8 nitrogen and oxygen atoms in total.